The van der Waals surface area contributed by atoms with Crippen LogP contribution in [-0.2, 0) is 9.59 Å². The minimum absolute atomic E-state index is 0.177. The minimum atomic E-state index is -0.492. The molecule has 3 unspecified atom stereocenters. The lowest BCUT2D eigenvalue weighted by Crippen LogP contribution is -2.32. The van der Waals surface area contributed by atoms with Crippen molar-refractivity contribution in [2.24, 2.45) is 5.92 Å². The molecule has 0 aliphatic carbocycles. The van der Waals surface area contributed by atoms with Gasteiger partial charge < -0.3 is 4.98 Å². The van der Waals surface area contributed by atoms with Gasteiger partial charge in [-0.05, 0) is 48.1 Å². The van der Waals surface area contributed by atoms with Gasteiger partial charge >= 0.3 is 0 Å². The van der Waals surface area contributed by atoms with Crippen molar-refractivity contribution in [3.8, 4) is 0 Å². The van der Waals surface area contributed by atoms with E-state index in [1.807, 2.05) is 24.3 Å². The molecule has 5 nitrogen and oxygen atoms in total. The minimum Gasteiger partial charge on any atom is -0.332 e. The Morgan fingerprint density at radius 3 is 2.64 bits per heavy atom. The summed E-state index contributed by atoms with van der Waals surface area (Å²) in [6.45, 7) is 0. The van der Waals surface area contributed by atoms with Gasteiger partial charge in [0.25, 0.3) is 0 Å². The largest absolute Gasteiger partial charge is 0.332 e. The average Bonchev–Trinajstić information content (AvgIpc) is 3.18. The lowest BCUT2D eigenvalue weighted by atomic mass is 9.84. The van der Waals surface area contributed by atoms with Crippen LogP contribution in [0.3, 0.4) is 0 Å². The second-order valence-electron chi connectivity index (χ2n) is 6.52. The molecule has 0 saturated carbocycles. The highest BCUT2D eigenvalue weighted by atomic mass is 79.9. The first-order valence-electron chi connectivity index (χ1n) is 8.47. The van der Waals surface area contributed by atoms with Crippen molar-refractivity contribution in [2.75, 3.05) is 4.90 Å². The fourth-order valence-corrected chi connectivity index (χ4v) is 7.01. The van der Waals surface area contributed by atoms with Crippen LogP contribution in [0.25, 0.3) is 0 Å². The highest BCUT2D eigenvalue weighted by Crippen LogP contribution is 2.53. The number of anilines is 1. The molecule has 5 rings (SSSR count). The predicted octanol–water partition coefficient (Wildman–Crippen LogP) is 4.76. The number of halogens is 1. The number of carbonyl (C=O) groups excluding carboxylic acids is 2. The molecule has 0 spiro atoms. The third-order valence-electron chi connectivity index (χ3n) is 4.95. The van der Waals surface area contributed by atoms with Crippen molar-refractivity contribution in [2.45, 2.75) is 16.2 Å². The van der Waals surface area contributed by atoms with Gasteiger partial charge in [-0.2, -0.15) is 0 Å². The lowest BCUT2D eigenvalue weighted by molar-refractivity contribution is -0.122. The molecule has 2 aliphatic rings. The van der Waals surface area contributed by atoms with Gasteiger partial charge in [-0.25, -0.2) is 4.90 Å². The Balaban J connectivity index is 1.65. The van der Waals surface area contributed by atoms with Gasteiger partial charge in [0, 0.05) is 27.7 Å². The zero-order chi connectivity index (χ0) is 19.4. The number of thiazole rings is 1. The Bertz CT molecular complexity index is 1140. The Morgan fingerprint density at radius 2 is 1.93 bits per heavy atom. The van der Waals surface area contributed by atoms with Gasteiger partial charge in [0.05, 0.1) is 16.6 Å². The van der Waals surface area contributed by atoms with Crippen LogP contribution < -0.4 is 4.90 Å². The van der Waals surface area contributed by atoms with E-state index in [2.05, 4.69) is 25.9 Å². The van der Waals surface area contributed by atoms with Crippen LogP contribution in [0, 0.1) is 9.87 Å². The zero-order valence-electron chi connectivity index (χ0n) is 14.2. The zero-order valence-corrected chi connectivity index (χ0v) is 18.2. The van der Waals surface area contributed by atoms with Gasteiger partial charge in [-0.3, -0.25) is 14.6 Å². The molecular weight excluding hydrogens is 478 g/mol. The number of H-pyrrole nitrogens is 1. The number of rotatable bonds is 2. The number of thioether (sulfide) groups is 1. The van der Waals surface area contributed by atoms with Crippen LogP contribution in [0.15, 0.2) is 58.3 Å². The van der Waals surface area contributed by atoms with E-state index in [1.165, 1.54) is 28.0 Å². The molecule has 1 saturated heterocycles. The number of benzene rings is 1. The van der Waals surface area contributed by atoms with E-state index in [9.17, 15) is 9.59 Å². The maximum atomic E-state index is 13.5. The van der Waals surface area contributed by atoms with Crippen LogP contribution in [0.2, 0.25) is 0 Å². The third kappa shape index (κ3) is 2.80. The van der Waals surface area contributed by atoms with E-state index in [0.717, 1.165) is 19.9 Å². The first-order chi connectivity index (χ1) is 13.5. The summed E-state index contributed by atoms with van der Waals surface area (Å²) in [7, 11) is 0. The van der Waals surface area contributed by atoms with Crippen molar-refractivity contribution < 1.29 is 9.59 Å². The molecule has 0 radical (unpaired) electrons. The Morgan fingerprint density at radius 1 is 1.14 bits per heavy atom. The van der Waals surface area contributed by atoms with Crippen molar-refractivity contribution >= 4 is 68.7 Å². The van der Waals surface area contributed by atoms with Crippen LogP contribution in [0.1, 0.15) is 16.4 Å². The lowest BCUT2D eigenvalue weighted by Gasteiger charge is -2.29. The summed E-state index contributed by atoms with van der Waals surface area (Å²) in [5.74, 6) is -1.10. The fourth-order valence-electron chi connectivity index (χ4n) is 3.78. The van der Waals surface area contributed by atoms with Crippen LogP contribution in [-0.4, -0.2) is 27.0 Å². The normalized spacial score (nSPS) is 23.6. The fraction of sp³-hybridized carbons (Fsp3) is 0.158. The van der Waals surface area contributed by atoms with Crippen LogP contribution in [0.5, 0.6) is 0 Å². The number of hydrogen-bond acceptors (Lipinski definition) is 6. The van der Waals surface area contributed by atoms with Crippen molar-refractivity contribution in [3.63, 3.8) is 0 Å². The van der Waals surface area contributed by atoms with E-state index in [0.29, 0.717) is 9.64 Å². The Kier molecular flexibility index (Phi) is 4.50. The number of nitrogens with zero attached hydrogens (tertiary/aromatic N) is 2. The number of aromatic amines is 1. The molecule has 1 N–H and O–H groups in total. The average molecular weight is 490 g/mol. The van der Waals surface area contributed by atoms with Gasteiger partial charge in [-0.15, -0.1) is 11.3 Å². The number of carbonyl (C=O) groups is 2. The topological polar surface area (TPSA) is 66.1 Å². The summed E-state index contributed by atoms with van der Waals surface area (Å²) < 4.78 is 1.54. The molecule has 9 heteroatoms. The third-order valence-corrected chi connectivity index (χ3v) is 8.23. The molecule has 2 amide bonds. The number of hydrogen-bond donors (Lipinski definition) is 1. The molecule has 28 heavy (non-hydrogen) atoms. The van der Waals surface area contributed by atoms with Gasteiger partial charge in [0.15, 0.2) is 3.95 Å². The highest BCUT2D eigenvalue weighted by molar-refractivity contribution is 9.10. The predicted molar refractivity (Wildman–Crippen MR) is 115 cm³/mol. The van der Waals surface area contributed by atoms with Gasteiger partial charge in [-0.1, -0.05) is 33.8 Å². The summed E-state index contributed by atoms with van der Waals surface area (Å²) in [5.41, 5.74) is 1.51. The van der Waals surface area contributed by atoms with E-state index in [1.54, 1.807) is 24.5 Å². The van der Waals surface area contributed by atoms with Crippen LogP contribution >= 0.6 is 51.2 Å². The Labute approximate surface area is 182 Å². The van der Waals surface area contributed by atoms with Gasteiger partial charge in [0.1, 0.15) is 5.25 Å². The van der Waals surface area contributed by atoms with Crippen molar-refractivity contribution in [3.05, 3.63) is 67.7 Å². The van der Waals surface area contributed by atoms with E-state index >= 15 is 0 Å². The highest BCUT2D eigenvalue weighted by Gasteiger charge is 2.56. The summed E-state index contributed by atoms with van der Waals surface area (Å²) in [4.78, 5) is 36.5. The van der Waals surface area contributed by atoms with E-state index < -0.39 is 11.2 Å². The monoisotopic (exact) mass is 489 g/mol. The number of fused-ring (bicyclic) bond motifs is 2. The van der Waals surface area contributed by atoms with Crippen LogP contribution in [0.4, 0.5) is 5.69 Å². The molecule has 4 heterocycles. The summed E-state index contributed by atoms with van der Waals surface area (Å²) in [5, 5.41) is 0.387. The van der Waals surface area contributed by atoms with Crippen molar-refractivity contribution in [1.29, 1.82) is 0 Å². The summed E-state index contributed by atoms with van der Waals surface area (Å²) in [6.07, 6.45) is 3.47. The molecule has 3 atom stereocenters. The summed E-state index contributed by atoms with van der Waals surface area (Å²) in [6, 6.07) is 11.0. The number of imide groups is 1. The second-order valence-corrected chi connectivity index (χ2v) is 10.3. The summed E-state index contributed by atoms with van der Waals surface area (Å²) >= 11 is 11.6. The molecule has 1 fully saturated rings. The molecule has 2 aromatic heterocycles. The maximum Gasteiger partial charge on any atom is 0.248 e. The molecule has 2 aliphatic heterocycles. The number of aromatic nitrogens is 2. The van der Waals surface area contributed by atoms with Crippen molar-refractivity contribution in [1.82, 2.24) is 9.97 Å². The quantitative estimate of drug-likeness (QED) is 0.415. The number of amides is 2. The first-order valence-corrected chi connectivity index (χ1v) is 11.4. The smallest absolute Gasteiger partial charge is 0.248 e. The van der Waals surface area contributed by atoms with E-state index in [-0.39, 0.29) is 17.7 Å². The number of nitrogens with one attached hydrogen (secondary N) is 1. The number of pyridine rings is 1. The SMILES string of the molecule is O=C1C2Sc3[nH]c(=S)sc3C(c3cccnc3)C2C(=O)N1c1ccc(Br)cc1. The maximum absolute atomic E-state index is 13.5. The molecule has 3 aromatic rings. The Hall–Kier alpha value is -1.81. The molecular formula is C19H12BrN3O2S3. The molecule has 1 aromatic carbocycles. The molecule has 140 valence electrons. The van der Waals surface area contributed by atoms with Gasteiger partial charge in [0.2, 0.25) is 11.8 Å². The standard InChI is InChI=1S/C19H12BrN3O2S3/c20-10-3-5-11(6-4-10)23-17(24)13-12(9-2-1-7-21-8-9)14-16(22-19(26)28-14)27-15(13)18(23)25/h1-8,12-13,15H,(H,22,26). The first kappa shape index (κ1) is 18.2. The second kappa shape index (κ2) is 6.91. The molecule has 0 bridgehead atoms. The van der Waals surface area contributed by atoms with E-state index in [4.69, 9.17) is 12.2 Å².